The van der Waals surface area contributed by atoms with Crippen molar-refractivity contribution < 1.29 is 18.7 Å². The van der Waals surface area contributed by atoms with Gasteiger partial charge in [-0.3, -0.25) is 25.4 Å². The van der Waals surface area contributed by atoms with E-state index in [1.165, 1.54) is 6.20 Å². The van der Waals surface area contributed by atoms with E-state index in [1.807, 2.05) is 30.3 Å². The first-order valence-corrected chi connectivity index (χ1v) is 8.25. The van der Waals surface area contributed by atoms with E-state index in [9.17, 15) is 9.59 Å². The topological polar surface area (TPSA) is 93.5 Å². The van der Waals surface area contributed by atoms with E-state index in [2.05, 4.69) is 15.8 Å². The molecule has 0 spiro atoms. The second-order valence-electron chi connectivity index (χ2n) is 5.76. The summed E-state index contributed by atoms with van der Waals surface area (Å²) in [5.74, 6) is -0.466. The highest BCUT2D eigenvalue weighted by atomic mass is 16.5. The first-order valence-electron chi connectivity index (χ1n) is 8.25. The van der Waals surface area contributed by atoms with Crippen molar-refractivity contribution in [1.82, 2.24) is 15.8 Å². The molecule has 134 valence electrons. The van der Waals surface area contributed by atoms with Crippen molar-refractivity contribution in [1.29, 1.82) is 0 Å². The van der Waals surface area contributed by atoms with E-state index < -0.39 is 11.8 Å². The number of carbonyl (C=O) groups excluding carboxylic acids is 2. The van der Waals surface area contributed by atoms with Crippen LogP contribution in [0.3, 0.4) is 0 Å². The predicted molar refractivity (Wildman–Crippen MR) is 99.1 cm³/mol. The molecule has 7 nitrogen and oxygen atoms in total. The SMILES string of the molecule is O=C(COc1ccc2oc3ccccc3c2c1)NNC(=O)c1ccccn1. The van der Waals surface area contributed by atoms with Crippen LogP contribution in [-0.4, -0.2) is 23.4 Å². The molecule has 0 atom stereocenters. The van der Waals surface area contributed by atoms with E-state index in [4.69, 9.17) is 9.15 Å². The molecular formula is C20H15N3O4. The molecule has 0 aliphatic carbocycles. The number of para-hydroxylation sites is 1. The molecule has 0 aliphatic rings. The van der Waals surface area contributed by atoms with Gasteiger partial charge >= 0.3 is 0 Å². The number of rotatable bonds is 4. The molecule has 2 heterocycles. The Kier molecular flexibility index (Phi) is 4.40. The van der Waals surface area contributed by atoms with Crippen LogP contribution in [0.1, 0.15) is 10.5 Å². The van der Waals surface area contributed by atoms with Gasteiger partial charge in [0.15, 0.2) is 6.61 Å². The average Bonchev–Trinajstić information content (AvgIpc) is 3.09. The summed E-state index contributed by atoms with van der Waals surface area (Å²) in [6.45, 7) is -0.246. The molecule has 0 aliphatic heterocycles. The Labute approximate surface area is 153 Å². The van der Waals surface area contributed by atoms with Gasteiger partial charge in [0.1, 0.15) is 22.6 Å². The maximum absolute atomic E-state index is 11.9. The van der Waals surface area contributed by atoms with Gasteiger partial charge in [-0.15, -0.1) is 0 Å². The lowest BCUT2D eigenvalue weighted by molar-refractivity contribution is -0.123. The zero-order valence-electron chi connectivity index (χ0n) is 14.1. The van der Waals surface area contributed by atoms with Gasteiger partial charge in [0, 0.05) is 17.0 Å². The summed E-state index contributed by atoms with van der Waals surface area (Å²) in [6, 6.07) is 18.0. The molecular weight excluding hydrogens is 346 g/mol. The quantitative estimate of drug-likeness (QED) is 0.545. The van der Waals surface area contributed by atoms with Crippen LogP contribution in [0.5, 0.6) is 5.75 Å². The number of benzene rings is 2. The van der Waals surface area contributed by atoms with E-state index in [-0.39, 0.29) is 12.3 Å². The molecule has 0 radical (unpaired) electrons. The van der Waals surface area contributed by atoms with Gasteiger partial charge < -0.3 is 9.15 Å². The van der Waals surface area contributed by atoms with Crippen LogP contribution >= 0.6 is 0 Å². The molecule has 0 unspecified atom stereocenters. The fraction of sp³-hybridized carbons (Fsp3) is 0.0500. The van der Waals surface area contributed by atoms with Gasteiger partial charge in [0.25, 0.3) is 11.8 Å². The number of ether oxygens (including phenoxy) is 1. The summed E-state index contributed by atoms with van der Waals surface area (Å²) in [6.07, 6.45) is 1.50. The standard InChI is InChI=1S/C20H15N3O4/c24-19(22-23-20(25)16-6-3-4-10-21-16)12-26-13-8-9-18-15(11-13)14-5-1-2-7-17(14)27-18/h1-11H,12H2,(H,22,24)(H,23,25). The maximum atomic E-state index is 11.9. The normalized spacial score (nSPS) is 10.7. The van der Waals surface area contributed by atoms with Crippen LogP contribution in [-0.2, 0) is 4.79 Å². The molecule has 4 rings (SSSR count). The van der Waals surface area contributed by atoms with Crippen molar-refractivity contribution >= 4 is 33.8 Å². The highest BCUT2D eigenvalue weighted by Gasteiger charge is 2.10. The maximum Gasteiger partial charge on any atom is 0.288 e. The van der Waals surface area contributed by atoms with Crippen LogP contribution in [0, 0.1) is 0 Å². The van der Waals surface area contributed by atoms with E-state index >= 15 is 0 Å². The number of hydrogen-bond donors (Lipinski definition) is 2. The van der Waals surface area contributed by atoms with E-state index in [0.29, 0.717) is 5.75 Å². The number of amides is 2. The molecule has 0 saturated heterocycles. The fourth-order valence-electron chi connectivity index (χ4n) is 2.67. The van der Waals surface area contributed by atoms with Gasteiger partial charge in [-0.05, 0) is 36.4 Å². The van der Waals surface area contributed by atoms with E-state index in [1.54, 1.807) is 30.3 Å². The smallest absolute Gasteiger partial charge is 0.288 e. The van der Waals surface area contributed by atoms with Gasteiger partial charge in [-0.2, -0.15) is 0 Å². The van der Waals surface area contributed by atoms with Crippen molar-refractivity contribution in [2.75, 3.05) is 6.61 Å². The predicted octanol–water partition coefficient (Wildman–Crippen LogP) is 2.82. The van der Waals surface area contributed by atoms with Crippen LogP contribution < -0.4 is 15.6 Å². The summed E-state index contributed by atoms with van der Waals surface area (Å²) in [4.78, 5) is 27.6. The third kappa shape index (κ3) is 3.57. The number of nitrogens with one attached hydrogen (secondary N) is 2. The molecule has 2 aromatic carbocycles. The summed E-state index contributed by atoms with van der Waals surface area (Å²) >= 11 is 0. The fourth-order valence-corrected chi connectivity index (χ4v) is 2.67. The Bertz CT molecular complexity index is 1120. The number of pyridine rings is 1. The number of aromatic nitrogens is 1. The van der Waals surface area contributed by atoms with Crippen LogP contribution in [0.25, 0.3) is 21.9 Å². The van der Waals surface area contributed by atoms with Gasteiger partial charge in [-0.25, -0.2) is 0 Å². The zero-order valence-corrected chi connectivity index (χ0v) is 14.1. The highest BCUT2D eigenvalue weighted by Crippen LogP contribution is 2.31. The highest BCUT2D eigenvalue weighted by molar-refractivity contribution is 6.05. The Hall–Kier alpha value is -3.87. The Morgan fingerprint density at radius 3 is 2.59 bits per heavy atom. The van der Waals surface area contributed by atoms with Crippen molar-refractivity contribution in [3.8, 4) is 5.75 Å². The third-order valence-electron chi connectivity index (χ3n) is 3.93. The monoisotopic (exact) mass is 361 g/mol. The molecule has 27 heavy (non-hydrogen) atoms. The van der Waals surface area contributed by atoms with Crippen molar-refractivity contribution in [3.63, 3.8) is 0 Å². The summed E-state index contributed by atoms with van der Waals surface area (Å²) in [5.41, 5.74) is 6.32. The minimum atomic E-state index is -0.504. The molecule has 2 aromatic heterocycles. The van der Waals surface area contributed by atoms with Crippen LogP contribution in [0.15, 0.2) is 71.3 Å². The molecule has 7 heteroatoms. The number of carbonyl (C=O) groups is 2. The van der Waals surface area contributed by atoms with Gasteiger partial charge in [0.05, 0.1) is 0 Å². The first-order chi connectivity index (χ1) is 13.2. The summed E-state index contributed by atoms with van der Waals surface area (Å²) < 4.78 is 11.3. The van der Waals surface area contributed by atoms with Crippen molar-refractivity contribution in [2.24, 2.45) is 0 Å². The van der Waals surface area contributed by atoms with Gasteiger partial charge in [-0.1, -0.05) is 24.3 Å². The Morgan fingerprint density at radius 1 is 0.926 bits per heavy atom. The zero-order chi connectivity index (χ0) is 18.6. The average molecular weight is 361 g/mol. The molecule has 0 saturated carbocycles. The molecule has 2 N–H and O–H groups in total. The van der Waals surface area contributed by atoms with Gasteiger partial charge in [0.2, 0.25) is 0 Å². The summed E-state index contributed by atoms with van der Waals surface area (Å²) in [5, 5.41) is 1.89. The first kappa shape index (κ1) is 16.6. The molecule has 4 aromatic rings. The number of hydrogen-bond acceptors (Lipinski definition) is 5. The van der Waals surface area contributed by atoms with Crippen LogP contribution in [0.4, 0.5) is 0 Å². The lowest BCUT2D eigenvalue weighted by Crippen LogP contribution is -2.44. The number of fused-ring (bicyclic) bond motifs is 3. The van der Waals surface area contributed by atoms with E-state index in [0.717, 1.165) is 21.9 Å². The second kappa shape index (κ2) is 7.17. The lowest BCUT2D eigenvalue weighted by Gasteiger charge is -2.08. The second-order valence-corrected chi connectivity index (χ2v) is 5.76. The van der Waals surface area contributed by atoms with Crippen molar-refractivity contribution in [2.45, 2.75) is 0 Å². The minimum absolute atomic E-state index is 0.205. The minimum Gasteiger partial charge on any atom is -0.484 e. The number of furan rings is 1. The lowest BCUT2D eigenvalue weighted by atomic mass is 10.1. The number of nitrogens with zero attached hydrogens (tertiary/aromatic N) is 1. The largest absolute Gasteiger partial charge is 0.484 e. The summed E-state index contributed by atoms with van der Waals surface area (Å²) in [7, 11) is 0. The Morgan fingerprint density at radius 2 is 1.74 bits per heavy atom. The molecule has 0 fully saturated rings. The number of hydrazine groups is 1. The molecule has 0 bridgehead atoms. The third-order valence-corrected chi connectivity index (χ3v) is 3.93. The molecule has 2 amide bonds. The van der Waals surface area contributed by atoms with Crippen molar-refractivity contribution in [3.05, 3.63) is 72.6 Å². The Balaban J connectivity index is 1.37. The van der Waals surface area contributed by atoms with Crippen LogP contribution in [0.2, 0.25) is 0 Å².